The van der Waals surface area contributed by atoms with Gasteiger partial charge in [-0.1, -0.05) is 23.3 Å². The molecule has 5 rings (SSSR count). The molecule has 0 amide bonds. The quantitative estimate of drug-likeness (QED) is 0.343. The molecule has 148 valence electrons. The van der Waals surface area contributed by atoms with E-state index >= 15 is 0 Å². The topological polar surface area (TPSA) is 145 Å². The molecule has 2 aromatic carbocycles. The Morgan fingerprint density at radius 3 is 2.63 bits per heavy atom. The summed E-state index contributed by atoms with van der Waals surface area (Å²) < 4.78 is 16.1. The number of benzene rings is 2. The van der Waals surface area contributed by atoms with Gasteiger partial charge in [0.15, 0.2) is 0 Å². The number of nitro benzene ring substituents is 1. The van der Waals surface area contributed by atoms with Crippen LogP contribution in [0.5, 0.6) is 0 Å². The standard InChI is InChI=1S/C18H11FN8O3/c19-12-4-2-1-3-11(12)16-13-14(9-5-7-10(8-6-9)27(29)30)21-22-17(28)15(13)20-18-23-24-25-26(16)18/h1-8,16H,(H,22,28)(H,20,23,25). The van der Waals surface area contributed by atoms with Crippen LogP contribution < -0.4 is 10.9 Å². The maximum Gasteiger partial charge on any atom is 0.288 e. The first-order valence-electron chi connectivity index (χ1n) is 8.71. The van der Waals surface area contributed by atoms with Crippen molar-refractivity contribution in [3.05, 3.63) is 85.9 Å². The van der Waals surface area contributed by atoms with Gasteiger partial charge in [-0.25, -0.2) is 9.49 Å². The largest absolute Gasteiger partial charge is 0.318 e. The molecule has 0 fully saturated rings. The van der Waals surface area contributed by atoms with Gasteiger partial charge in [0.2, 0.25) is 5.95 Å². The van der Waals surface area contributed by atoms with Crippen molar-refractivity contribution in [3.8, 4) is 11.3 Å². The van der Waals surface area contributed by atoms with Gasteiger partial charge in [0.1, 0.15) is 17.5 Å². The summed E-state index contributed by atoms with van der Waals surface area (Å²) in [5.41, 5.74) is 0.875. The summed E-state index contributed by atoms with van der Waals surface area (Å²) in [7, 11) is 0. The molecule has 3 heterocycles. The summed E-state index contributed by atoms with van der Waals surface area (Å²) in [5.74, 6) is -0.339. The van der Waals surface area contributed by atoms with Gasteiger partial charge >= 0.3 is 0 Å². The van der Waals surface area contributed by atoms with Gasteiger partial charge < -0.3 is 5.32 Å². The number of nitrogens with zero attached hydrogens (tertiary/aromatic N) is 6. The number of non-ortho nitro benzene ring substituents is 1. The van der Waals surface area contributed by atoms with Crippen LogP contribution in [0, 0.1) is 15.9 Å². The van der Waals surface area contributed by atoms with Gasteiger partial charge in [-0.2, -0.15) is 9.78 Å². The van der Waals surface area contributed by atoms with E-state index < -0.39 is 22.3 Å². The molecule has 1 atom stereocenters. The van der Waals surface area contributed by atoms with E-state index in [1.165, 1.54) is 35.0 Å². The first kappa shape index (κ1) is 17.6. The van der Waals surface area contributed by atoms with Crippen molar-refractivity contribution in [2.45, 2.75) is 6.04 Å². The molecule has 1 unspecified atom stereocenters. The van der Waals surface area contributed by atoms with Crippen molar-refractivity contribution in [2.24, 2.45) is 0 Å². The van der Waals surface area contributed by atoms with E-state index in [9.17, 15) is 19.3 Å². The molecule has 0 spiro atoms. The Bertz CT molecular complexity index is 1350. The Hall–Kier alpha value is -4.48. The van der Waals surface area contributed by atoms with Crippen molar-refractivity contribution in [3.63, 3.8) is 0 Å². The molecule has 0 saturated carbocycles. The van der Waals surface area contributed by atoms with E-state index in [1.807, 2.05) is 0 Å². The van der Waals surface area contributed by atoms with Crippen LogP contribution in [-0.2, 0) is 0 Å². The molecule has 30 heavy (non-hydrogen) atoms. The zero-order valence-corrected chi connectivity index (χ0v) is 15.0. The van der Waals surface area contributed by atoms with Crippen molar-refractivity contribution in [2.75, 3.05) is 5.32 Å². The van der Waals surface area contributed by atoms with Crippen LogP contribution in [0.2, 0.25) is 0 Å². The third-order valence-corrected chi connectivity index (χ3v) is 4.82. The van der Waals surface area contributed by atoms with Gasteiger partial charge in [0.05, 0.1) is 10.6 Å². The monoisotopic (exact) mass is 406 g/mol. The number of tetrazole rings is 1. The molecular formula is C18H11FN8O3. The number of anilines is 2. The van der Waals surface area contributed by atoms with E-state index in [0.29, 0.717) is 16.8 Å². The van der Waals surface area contributed by atoms with Crippen molar-refractivity contribution < 1.29 is 9.31 Å². The Labute approximate surface area is 166 Å². The van der Waals surface area contributed by atoms with E-state index in [-0.39, 0.29) is 22.9 Å². The van der Waals surface area contributed by atoms with Gasteiger partial charge in [-0.05, 0) is 28.6 Å². The predicted octanol–water partition coefficient (Wildman–Crippen LogP) is 2.17. The normalized spacial score (nSPS) is 14.5. The Kier molecular flexibility index (Phi) is 3.84. The Morgan fingerprint density at radius 2 is 1.90 bits per heavy atom. The highest BCUT2D eigenvalue weighted by molar-refractivity contribution is 5.75. The van der Waals surface area contributed by atoms with Gasteiger partial charge in [-0.3, -0.25) is 14.9 Å². The summed E-state index contributed by atoms with van der Waals surface area (Å²) in [6.45, 7) is 0. The van der Waals surface area contributed by atoms with E-state index in [0.717, 1.165) is 0 Å². The first-order valence-corrected chi connectivity index (χ1v) is 8.71. The fourth-order valence-electron chi connectivity index (χ4n) is 3.48. The summed E-state index contributed by atoms with van der Waals surface area (Å²) in [6, 6.07) is 10.9. The summed E-state index contributed by atoms with van der Waals surface area (Å²) in [4.78, 5) is 23.0. The number of aromatic amines is 1. The van der Waals surface area contributed by atoms with E-state index in [2.05, 4.69) is 31.0 Å². The molecule has 2 N–H and O–H groups in total. The number of rotatable bonds is 3. The Balaban J connectivity index is 1.79. The zero-order valence-electron chi connectivity index (χ0n) is 15.0. The van der Waals surface area contributed by atoms with Gasteiger partial charge in [-0.15, -0.1) is 0 Å². The summed E-state index contributed by atoms with van der Waals surface area (Å²) in [5, 5.41) is 31.8. The molecule has 1 aliphatic heterocycles. The highest BCUT2D eigenvalue weighted by atomic mass is 19.1. The van der Waals surface area contributed by atoms with E-state index in [4.69, 9.17) is 0 Å². The van der Waals surface area contributed by atoms with E-state index in [1.54, 1.807) is 18.2 Å². The molecule has 0 radical (unpaired) electrons. The lowest BCUT2D eigenvalue weighted by molar-refractivity contribution is -0.384. The van der Waals surface area contributed by atoms with Crippen LogP contribution in [0.1, 0.15) is 17.2 Å². The number of nitrogens with one attached hydrogen (secondary N) is 2. The summed E-state index contributed by atoms with van der Waals surface area (Å²) in [6.07, 6.45) is 0. The summed E-state index contributed by atoms with van der Waals surface area (Å²) >= 11 is 0. The molecule has 11 nitrogen and oxygen atoms in total. The average molecular weight is 406 g/mol. The number of hydrogen-bond donors (Lipinski definition) is 2. The lowest BCUT2D eigenvalue weighted by atomic mass is 9.92. The average Bonchev–Trinajstić information content (AvgIpc) is 3.22. The predicted molar refractivity (Wildman–Crippen MR) is 102 cm³/mol. The zero-order chi connectivity index (χ0) is 20.8. The molecule has 4 aromatic rings. The molecule has 1 aliphatic rings. The van der Waals surface area contributed by atoms with Gasteiger partial charge in [0.25, 0.3) is 11.2 Å². The van der Waals surface area contributed by atoms with Crippen LogP contribution in [0.4, 0.5) is 21.7 Å². The molecule has 0 aliphatic carbocycles. The number of aromatic nitrogens is 6. The second-order valence-electron chi connectivity index (χ2n) is 6.49. The third-order valence-electron chi connectivity index (χ3n) is 4.82. The molecule has 12 heteroatoms. The van der Waals surface area contributed by atoms with Crippen LogP contribution in [0.25, 0.3) is 11.3 Å². The smallest absolute Gasteiger partial charge is 0.288 e. The molecular weight excluding hydrogens is 395 g/mol. The minimum Gasteiger partial charge on any atom is -0.318 e. The number of hydrogen-bond acceptors (Lipinski definition) is 8. The lowest BCUT2D eigenvalue weighted by Gasteiger charge is -2.28. The molecule has 2 aromatic heterocycles. The SMILES string of the molecule is O=c1[nH]nc(-c2ccc([N+](=O)[O-])cc2)c2c1Nc1nnnn1C2c1ccccc1F. The van der Waals surface area contributed by atoms with Crippen LogP contribution in [-0.4, -0.2) is 35.3 Å². The minimum atomic E-state index is -0.882. The van der Waals surface area contributed by atoms with Crippen molar-refractivity contribution in [1.82, 2.24) is 30.4 Å². The number of halogens is 1. The Morgan fingerprint density at radius 1 is 1.13 bits per heavy atom. The number of nitro groups is 1. The van der Waals surface area contributed by atoms with Crippen LogP contribution >= 0.6 is 0 Å². The van der Waals surface area contributed by atoms with Crippen LogP contribution in [0.3, 0.4) is 0 Å². The van der Waals surface area contributed by atoms with Crippen molar-refractivity contribution >= 4 is 17.3 Å². The minimum absolute atomic E-state index is 0.0939. The molecule has 0 saturated heterocycles. The van der Waals surface area contributed by atoms with Crippen molar-refractivity contribution in [1.29, 1.82) is 0 Å². The maximum absolute atomic E-state index is 14.8. The second kappa shape index (κ2) is 6.55. The highest BCUT2D eigenvalue weighted by Crippen LogP contribution is 2.41. The third kappa shape index (κ3) is 2.62. The highest BCUT2D eigenvalue weighted by Gasteiger charge is 2.35. The first-order chi connectivity index (χ1) is 14.5. The second-order valence-corrected chi connectivity index (χ2v) is 6.49. The molecule has 0 bridgehead atoms. The number of fused-ring (bicyclic) bond motifs is 2. The van der Waals surface area contributed by atoms with Gasteiger partial charge in [0, 0.05) is 28.8 Å². The number of H-pyrrole nitrogens is 1. The fourth-order valence-corrected chi connectivity index (χ4v) is 3.48. The maximum atomic E-state index is 14.8. The fraction of sp³-hybridized carbons (Fsp3) is 0.0556. The van der Waals surface area contributed by atoms with Crippen LogP contribution in [0.15, 0.2) is 53.3 Å². The lowest BCUT2D eigenvalue weighted by Crippen LogP contribution is -2.29.